The second-order valence-electron chi connectivity index (χ2n) is 4.97. The summed E-state index contributed by atoms with van der Waals surface area (Å²) in [5.41, 5.74) is 2.30. The van der Waals surface area contributed by atoms with Gasteiger partial charge in [-0.15, -0.1) is 0 Å². The Morgan fingerprint density at radius 1 is 1.24 bits per heavy atom. The van der Waals surface area contributed by atoms with Crippen LogP contribution >= 0.6 is 0 Å². The van der Waals surface area contributed by atoms with Crippen molar-refractivity contribution in [3.63, 3.8) is 0 Å². The second-order valence-corrected chi connectivity index (χ2v) is 4.97. The molecule has 0 bridgehead atoms. The van der Waals surface area contributed by atoms with Gasteiger partial charge in [0.1, 0.15) is 6.10 Å². The van der Waals surface area contributed by atoms with Crippen LogP contribution in [0.3, 0.4) is 0 Å². The minimum atomic E-state index is -0.135. The minimum Gasteiger partial charge on any atom is -0.458 e. The summed E-state index contributed by atoms with van der Waals surface area (Å²) in [5.74, 6) is 0.124. The second kappa shape index (κ2) is 5.35. The van der Waals surface area contributed by atoms with Crippen LogP contribution in [0.4, 0.5) is 0 Å². The summed E-state index contributed by atoms with van der Waals surface area (Å²) in [6.45, 7) is 4.00. The Hall–Kier alpha value is -1.31. The zero-order valence-electron chi connectivity index (χ0n) is 10.6. The van der Waals surface area contributed by atoms with E-state index in [-0.39, 0.29) is 18.0 Å². The van der Waals surface area contributed by atoms with Crippen molar-refractivity contribution in [1.82, 2.24) is 0 Å². The lowest BCUT2D eigenvalue weighted by Gasteiger charge is -2.16. The van der Waals surface area contributed by atoms with Crippen LogP contribution in [-0.2, 0) is 9.53 Å². The average Bonchev–Trinajstić information content (AvgIpc) is 2.83. The van der Waals surface area contributed by atoms with Crippen molar-refractivity contribution in [1.29, 1.82) is 0 Å². The first-order valence-corrected chi connectivity index (χ1v) is 6.44. The molecular weight excluding hydrogens is 212 g/mol. The van der Waals surface area contributed by atoms with Gasteiger partial charge in [0.05, 0.1) is 5.92 Å². The largest absolute Gasteiger partial charge is 0.458 e. The number of esters is 1. The van der Waals surface area contributed by atoms with Gasteiger partial charge in [-0.1, -0.05) is 42.7 Å². The molecule has 2 heteroatoms. The van der Waals surface area contributed by atoms with Gasteiger partial charge in [-0.3, -0.25) is 4.79 Å². The Balaban J connectivity index is 1.93. The molecular formula is C15H20O2. The fourth-order valence-corrected chi connectivity index (χ4v) is 2.34. The Labute approximate surface area is 103 Å². The molecule has 92 valence electrons. The third-order valence-corrected chi connectivity index (χ3v) is 3.53. The van der Waals surface area contributed by atoms with E-state index in [9.17, 15) is 4.79 Å². The summed E-state index contributed by atoms with van der Waals surface area (Å²) in [5, 5.41) is 0. The Morgan fingerprint density at radius 2 is 1.82 bits per heavy atom. The molecule has 2 nitrogen and oxygen atoms in total. The van der Waals surface area contributed by atoms with Crippen LogP contribution in [0.5, 0.6) is 0 Å². The topological polar surface area (TPSA) is 26.3 Å². The lowest BCUT2D eigenvalue weighted by molar-refractivity contribution is -0.153. The zero-order chi connectivity index (χ0) is 12.3. The quantitative estimate of drug-likeness (QED) is 0.741. The smallest absolute Gasteiger partial charge is 0.309 e. The van der Waals surface area contributed by atoms with Crippen LogP contribution in [0.1, 0.15) is 49.8 Å². The number of hydrogen-bond acceptors (Lipinski definition) is 2. The van der Waals surface area contributed by atoms with Gasteiger partial charge in [-0.25, -0.2) is 0 Å². The highest BCUT2D eigenvalue weighted by molar-refractivity contribution is 5.73. The maximum Gasteiger partial charge on any atom is 0.309 e. The molecule has 0 radical (unpaired) electrons. The first kappa shape index (κ1) is 12.2. The first-order valence-electron chi connectivity index (χ1n) is 6.44. The Morgan fingerprint density at radius 3 is 2.41 bits per heavy atom. The molecule has 1 atom stereocenters. The van der Waals surface area contributed by atoms with Crippen LogP contribution in [0.15, 0.2) is 24.3 Å². The molecule has 1 aliphatic carbocycles. The van der Waals surface area contributed by atoms with Gasteiger partial charge in [0.25, 0.3) is 0 Å². The van der Waals surface area contributed by atoms with Crippen LogP contribution in [0.2, 0.25) is 0 Å². The van der Waals surface area contributed by atoms with Gasteiger partial charge in [0, 0.05) is 0 Å². The van der Waals surface area contributed by atoms with Gasteiger partial charge in [0.2, 0.25) is 0 Å². The third-order valence-electron chi connectivity index (χ3n) is 3.53. The molecule has 0 heterocycles. The van der Waals surface area contributed by atoms with E-state index in [4.69, 9.17) is 4.74 Å². The van der Waals surface area contributed by atoms with Crippen molar-refractivity contribution in [3.8, 4) is 0 Å². The van der Waals surface area contributed by atoms with Crippen molar-refractivity contribution in [2.45, 2.75) is 45.6 Å². The van der Waals surface area contributed by atoms with E-state index >= 15 is 0 Å². The van der Waals surface area contributed by atoms with Crippen LogP contribution < -0.4 is 0 Å². The predicted octanol–water partition coefficient (Wildman–Crippen LogP) is 3.79. The van der Waals surface area contributed by atoms with E-state index in [1.807, 2.05) is 19.1 Å². The van der Waals surface area contributed by atoms with Gasteiger partial charge in [-0.05, 0) is 32.3 Å². The van der Waals surface area contributed by atoms with E-state index < -0.39 is 0 Å². The third kappa shape index (κ3) is 3.09. The van der Waals surface area contributed by atoms with E-state index in [1.54, 1.807) is 0 Å². The summed E-state index contributed by atoms with van der Waals surface area (Å²) in [7, 11) is 0. The molecule has 1 aromatic carbocycles. The van der Waals surface area contributed by atoms with Crippen molar-refractivity contribution in [3.05, 3.63) is 35.4 Å². The van der Waals surface area contributed by atoms with Crippen LogP contribution in [-0.4, -0.2) is 5.97 Å². The number of rotatable bonds is 3. The predicted molar refractivity (Wildman–Crippen MR) is 67.6 cm³/mol. The Kier molecular flexibility index (Phi) is 3.82. The molecule has 0 amide bonds. The van der Waals surface area contributed by atoms with Gasteiger partial charge >= 0.3 is 5.97 Å². The van der Waals surface area contributed by atoms with Gasteiger partial charge in [0.15, 0.2) is 0 Å². The number of hydrogen-bond donors (Lipinski definition) is 0. The summed E-state index contributed by atoms with van der Waals surface area (Å²) in [6, 6.07) is 8.16. The van der Waals surface area contributed by atoms with Crippen LogP contribution in [0.25, 0.3) is 0 Å². The molecule has 1 fully saturated rings. The average molecular weight is 232 g/mol. The minimum absolute atomic E-state index is 0.0180. The molecule has 0 spiro atoms. The zero-order valence-corrected chi connectivity index (χ0v) is 10.6. The lowest BCUT2D eigenvalue weighted by Crippen LogP contribution is -2.16. The molecule has 0 saturated heterocycles. The lowest BCUT2D eigenvalue weighted by atomic mass is 10.1. The molecule has 1 unspecified atom stereocenters. The van der Waals surface area contributed by atoms with E-state index in [1.165, 1.54) is 18.4 Å². The summed E-state index contributed by atoms with van der Waals surface area (Å²) in [4.78, 5) is 11.9. The fraction of sp³-hybridized carbons (Fsp3) is 0.533. The normalized spacial score (nSPS) is 18.0. The summed E-state index contributed by atoms with van der Waals surface area (Å²) < 4.78 is 5.52. The van der Waals surface area contributed by atoms with Gasteiger partial charge in [-0.2, -0.15) is 0 Å². The van der Waals surface area contributed by atoms with Crippen molar-refractivity contribution in [2.75, 3.05) is 0 Å². The number of aryl methyl sites for hydroxylation is 1. The molecule has 2 rings (SSSR count). The van der Waals surface area contributed by atoms with E-state index in [2.05, 4.69) is 19.1 Å². The number of benzene rings is 1. The molecule has 1 saturated carbocycles. The van der Waals surface area contributed by atoms with Crippen molar-refractivity contribution >= 4 is 5.97 Å². The Bertz CT molecular complexity index is 374. The standard InChI is InChI=1S/C15H20O2/c1-11-7-9-13(10-8-11)12(2)17-15(16)14-5-3-4-6-14/h7-10,12,14H,3-6H2,1-2H3. The highest BCUT2D eigenvalue weighted by Crippen LogP contribution is 2.28. The maximum absolute atomic E-state index is 11.9. The highest BCUT2D eigenvalue weighted by Gasteiger charge is 2.25. The first-order chi connectivity index (χ1) is 8.16. The number of carbonyl (C=O) groups is 1. The fourth-order valence-electron chi connectivity index (χ4n) is 2.34. The molecule has 1 aliphatic rings. The molecule has 0 aliphatic heterocycles. The molecule has 1 aromatic rings. The van der Waals surface area contributed by atoms with Crippen molar-refractivity contribution < 1.29 is 9.53 Å². The van der Waals surface area contributed by atoms with E-state index in [0.717, 1.165) is 18.4 Å². The maximum atomic E-state index is 11.9. The van der Waals surface area contributed by atoms with E-state index in [0.29, 0.717) is 0 Å². The van der Waals surface area contributed by atoms with Crippen LogP contribution in [0, 0.1) is 12.8 Å². The monoisotopic (exact) mass is 232 g/mol. The summed E-state index contributed by atoms with van der Waals surface area (Å²) >= 11 is 0. The SMILES string of the molecule is Cc1ccc(C(C)OC(=O)C2CCCC2)cc1. The van der Waals surface area contributed by atoms with Gasteiger partial charge < -0.3 is 4.74 Å². The highest BCUT2D eigenvalue weighted by atomic mass is 16.5. The number of ether oxygens (including phenoxy) is 1. The number of carbonyl (C=O) groups excluding carboxylic acids is 1. The summed E-state index contributed by atoms with van der Waals surface area (Å²) in [6.07, 6.45) is 4.19. The van der Waals surface area contributed by atoms with Crippen molar-refractivity contribution in [2.24, 2.45) is 5.92 Å². The molecule has 0 N–H and O–H groups in total. The molecule has 17 heavy (non-hydrogen) atoms. The molecule has 0 aromatic heterocycles.